The van der Waals surface area contributed by atoms with E-state index in [0.29, 0.717) is 5.82 Å². The minimum Gasteiger partial charge on any atom is -0.366 e. The largest absolute Gasteiger partial charge is 0.559 e. The van der Waals surface area contributed by atoms with Gasteiger partial charge in [0.05, 0.1) is 0 Å². The topological polar surface area (TPSA) is 15.2 Å². The number of benzene rings is 1. The Hall–Kier alpha value is -2.46. The molecule has 0 aliphatic rings. The number of para-hydroxylation sites is 1. The van der Waals surface area contributed by atoms with Gasteiger partial charge in [-0.15, -0.1) is 0 Å². The Morgan fingerprint density at radius 2 is 1.53 bits per heavy atom. The zero-order chi connectivity index (χ0) is 12.8. The Balaban J connectivity index is 3.25. The molecule has 1 aromatic rings. The second kappa shape index (κ2) is 5.58. The first kappa shape index (κ1) is 12.6. The van der Waals surface area contributed by atoms with Gasteiger partial charge in [0, 0.05) is 26.8 Å². The highest BCUT2D eigenvalue weighted by Crippen LogP contribution is 2.21. The molecule has 4 heteroatoms. The molecule has 17 heavy (non-hydrogen) atoms. The lowest BCUT2D eigenvalue weighted by molar-refractivity contribution is 0.493. The Morgan fingerprint density at radius 1 is 1.00 bits per heavy atom. The molecule has 1 aromatic carbocycles. The lowest BCUT2D eigenvalue weighted by Crippen LogP contribution is -2.28. The van der Waals surface area contributed by atoms with Crippen molar-refractivity contribution in [2.24, 2.45) is 0 Å². The van der Waals surface area contributed by atoms with Crippen LogP contribution in [-0.2, 0) is 0 Å². The van der Waals surface area contributed by atoms with Crippen molar-refractivity contribution in [2.45, 2.75) is 0 Å². The molecule has 0 aliphatic carbocycles. The summed E-state index contributed by atoms with van der Waals surface area (Å²) >= 11 is 0. The van der Waals surface area contributed by atoms with Crippen LogP contribution in [0.4, 0.5) is 5.69 Å². The van der Waals surface area contributed by atoms with Gasteiger partial charge in [-0.25, -0.2) is 0 Å². The minimum absolute atomic E-state index is 0.0707. The van der Waals surface area contributed by atoms with E-state index in [1.165, 1.54) is 0 Å². The van der Waals surface area contributed by atoms with Crippen LogP contribution in [0.2, 0.25) is 0 Å². The summed E-state index contributed by atoms with van der Waals surface area (Å²) in [6.07, 6.45) is 0. The van der Waals surface area contributed by atoms with E-state index in [2.05, 4.69) is 9.69 Å². The van der Waals surface area contributed by atoms with Crippen molar-refractivity contribution in [3.63, 3.8) is 0 Å². The van der Waals surface area contributed by atoms with Gasteiger partial charge in [-0.05, 0) is 12.1 Å². The van der Waals surface area contributed by atoms with E-state index in [0.717, 1.165) is 5.69 Å². The molecular formula is C13H14N4. The molecule has 0 bridgehead atoms. The second-order valence-electron chi connectivity index (χ2n) is 3.66. The van der Waals surface area contributed by atoms with Crippen molar-refractivity contribution in [3.05, 3.63) is 64.8 Å². The lowest BCUT2D eigenvalue weighted by atomic mass is 10.3. The second-order valence-corrected chi connectivity index (χ2v) is 3.66. The summed E-state index contributed by atoms with van der Waals surface area (Å²) in [6, 6.07) is 9.66. The molecule has 0 atom stereocenters. The summed E-state index contributed by atoms with van der Waals surface area (Å²) in [5.41, 5.74) is 0.945. The third-order valence-corrected chi connectivity index (χ3v) is 2.30. The molecule has 0 N–H and O–H groups in total. The molecule has 1 rings (SSSR count). The van der Waals surface area contributed by atoms with Crippen LogP contribution >= 0.6 is 0 Å². The molecule has 0 fully saturated rings. The zero-order valence-corrected chi connectivity index (χ0v) is 10.2. The number of rotatable bonds is 3. The Bertz CT molecular complexity index is 472. The summed E-state index contributed by atoms with van der Waals surface area (Å²) in [4.78, 5) is 10.1. The molecule has 0 amide bonds. The summed E-state index contributed by atoms with van der Waals surface area (Å²) in [5.74, 6) is 0.669. The Kier molecular flexibility index (Phi) is 4.14. The third kappa shape index (κ3) is 2.76. The van der Waals surface area contributed by atoms with Crippen molar-refractivity contribution < 1.29 is 0 Å². The van der Waals surface area contributed by atoms with Crippen molar-refractivity contribution in [2.75, 3.05) is 26.0 Å². The molecule has 0 spiro atoms. The Morgan fingerprint density at radius 3 is 1.94 bits per heavy atom. The first-order chi connectivity index (χ1) is 8.11. The summed E-state index contributed by atoms with van der Waals surface area (Å²) in [5, 5.41) is 0. The maximum absolute atomic E-state index is 7.04. The fourth-order valence-electron chi connectivity index (χ4n) is 1.55. The highest BCUT2D eigenvalue weighted by atomic mass is 15.3. The molecule has 0 aromatic heterocycles. The van der Waals surface area contributed by atoms with Gasteiger partial charge in [0.2, 0.25) is 5.82 Å². The van der Waals surface area contributed by atoms with Gasteiger partial charge in [-0.3, -0.25) is 0 Å². The first-order valence-corrected chi connectivity index (χ1v) is 5.07. The maximum atomic E-state index is 7.04. The average molecular weight is 226 g/mol. The van der Waals surface area contributed by atoms with Crippen molar-refractivity contribution in [1.29, 1.82) is 0 Å². The van der Waals surface area contributed by atoms with E-state index in [1.54, 1.807) is 4.90 Å². The van der Waals surface area contributed by atoms with Crippen molar-refractivity contribution >= 4 is 5.69 Å². The van der Waals surface area contributed by atoms with Crippen LogP contribution in [0.3, 0.4) is 0 Å². The molecule has 0 saturated heterocycles. The predicted molar refractivity (Wildman–Crippen MR) is 68.8 cm³/mol. The van der Waals surface area contributed by atoms with Gasteiger partial charge in [-0.2, -0.15) is 9.69 Å². The molecule has 86 valence electrons. The van der Waals surface area contributed by atoms with Crippen LogP contribution in [0.5, 0.6) is 0 Å². The number of anilines is 1. The van der Waals surface area contributed by atoms with Crippen LogP contribution in [0.25, 0.3) is 9.69 Å². The third-order valence-electron chi connectivity index (χ3n) is 2.30. The van der Waals surface area contributed by atoms with Crippen molar-refractivity contribution in [1.82, 2.24) is 4.90 Å². The average Bonchev–Trinajstić information content (AvgIpc) is 2.35. The molecule has 0 saturated carbocycles. The predicted octanol–water partition coefficient (Wildman–Crippen LogP) is 2.65. The van der Waals surface area contributed by atoms with Gasteiger partial charge in [0.15, 0.2) is 0 Å². The first-order valence-electron chi connectivity index (χ1n) is 5.07. The van der Waals surface area contributed by atoms with Crippen LogP contribution < -0.4 is 4.90 Å². The van der Waals surface area contributed by atoms with E-state index in [9.17, 15) is 0 Å². The fourth-order valence-corrected chi connectivity index (χ4v) is 1.55. The smallest absolute Gasteiger partial charge is 0.366 e. The standard InChI is InChI=1S/C13H14N4/c1-14-12(15-2)13(16(3)4)17(5)11-9-7-6-8-10-11/h6-10H,3-5H3. The minimum atomic E-state index is 0.0707. The van der Waals surface area contributed by atoms with Gasteiger partial charge in [0.25, 0.3) is 0 Å². The van der Waals surface area contributed by atoms with E-state index >= 15 is 0 Å². The number of hydrogen-bond acceptors (Lipinski definition) is 2. The fraction of sp³-hybridized carbons (Fsp3) is 0.231. The SMILES string of the molecule is [C-]#[N+]C([N+]#[C-])=C(N(C)C)N(C)c1ccccc1. The molecular weight excluding hydrogens is 212 g/mol. The number of nitrogens with zero attached hydrogens (tertiary/aromatic N) is 4. The zero-order valence-electron chi connectivity index (χ0n) is 10.2. The monoisotopic (exact) mass is 226 g/mol. The molecule has 0 unspecified atom stereocenters. The highest BCUT2D eigenvalue weighted by molar-refractivity contribution is 5.52. The normalized spacial score (nSPS) is 8.76. The van der Waals surface area contributed by atoms with E-state index in [4.69, 9.17) is 13.1 Å². The quantitative estimate of drug-likeness (QED) is 0.736. The van der Waals surface area contributed by atoms with Crippen LogP contribution in [0, 0.1) is 13.1 Å². The van der Waals surface area contributed by atoms with Crippen LogP contribution in [-0.4, -0.2) is 26.0 Å². The van der Waals surface area contributed by atoms with Gasteiger partial charge >= 0.3 is 5.82 Å². The lowest BCUT2D eigenvalue weighted by Gasteiger charge is -2.26. The van der Waals surface area contributed by atoms with E-state index in [1.807, 2.05) is 56.4 Å². The van der Waals surface area contributed by atoms with E-state index in [-0.39, 0.29) is 5.82 Å². The molecule has 0 radical (unpaired) electrons. The summed E-state index contributed by atoms with van der Waals surface area (Å²) in [6.45, 7) is 14.1. The maximum Gasteiger partial charge on any atom is 0.559 e. The molecule has 0 heterocycles. The number of hydrogen-bond donors (Lipinski definition) is 0. The Labute approximate surface area is 102 Å². The van der Waals surface area contributed by atoms with Crippen LogP contribution in [0.1, 0.15) is 0 Å². The van der Waals surface area contributed by atoms with Crippen molar-refractivity contribution in [3.8, 4) is 0 Å². The van der Waals surface area contributed by atoms with Gasteiger partial charge < -0.3 is 9.80 Å². The highest BCUT2D eigenvalue weighted by Gasteiger charge is 2.21. The van der Waals surface area contributed by atoms with Gasteiger partial charge in [-0.1, -0.05) is 18.2 Å². The summed E-state index contributed by atoms with van der Waals surface area (Å²) < 4.78 is 0. The van der Waals surface area contributed by atoms with Gasteiger partial charge in [0.1, 0.15) is 13.1 Å². The summed E-state index contributed by atoms with van der Waals surface area (Å²) in [7, 11) is 5.50. The van der Waals surface area contributed by atoms with E-state index < -0.39 is 0 Å². The molecule has 4 nitrogen and oxygen atoms in total. The van der Waals surface area contributed by atoms with Crippen LogP contribution in [0.15, 0.2) is 42.0 Å². The molecule has 0 aliphatic heterocycles.